The van der Waals surface area contributed by atoms with E-state index in [1.54, 1.807) is 6.92 Å². The molecule has 2 aliphatic rings. The molecule has 4 rings (SSSR count). The fourth-order valence-electron chi connectivity index (χ4n) is 4.54. The van der Waals surface area contributed by atoms with E-state index in [4.69, 9.17) is 9.52 Å². The maximum absolute atomic E-state index is 11.1. The molecule has 0 spiro atoms. The highest BCUT2D eigenvalue weighted by Crippen LogP contribution is 2.26. The number of amides is 1. The number of benzene rings is 1. The third-order valence-electron chi connectivity index (χ3n) is 5.95. The van der Waals surface area contributed by atoms with Gasteiger partial charge < -0.3 is 25.1 Å². The molecule has 1 saturated heterocycles. The van der Waals surface area contributed by atoms with Gasteiger partial charge in [-0.05, 0) is 49.9 Å². The lowest BCUT2D eigenvalue weighted by atomic mass is 9.89. The van der Waals surface area contributed by atoms with Gasteiger partial charge in [0.15, 0.2) is 0 Å². The number of anilines is 1. The third-order valence-corrected chi connectivity index (χ3v) is 5.95. The van der Waals surface area contributed by atoms with E-state index < -0.39 is 6.09 Å². The topological polar surface area (TPSA) is 104 Å². The standard InChI is InChI=1S/C21H29N5O3/c1-14-24-25-20(29-14)15-8-10-17(11-9-15)26-12-4-5-16(13-26)22-18-6-2-3-7-19(18)23-21(27)28/h8-11,16,18-19,22-23H,2-7,12-13H2,1H3,(H,27,28)/t16?,18-,19-/m1/s1. The Morgan fingerprint density at radius 3 is 2.55 bits per heavy atom. The van der Waals surface area contributed by atoms with Crippen molar-refractivity contribution < 1.29 is 14.3 Å². The van der Waals surface area contributed by atoms with Crippen molar-refractivity contribution in [2.75, 3.05) is 18.0 Å². The lowest BCUT2D eigenvalue weighted by Gasteiger charge is -2.40. The Morgan fingerprint density at radius 2 is 1.86 bits per heavy atom. The minimum atomic E-state index is -0.925. The Hall–Kier alpha value is -2.61. The molecule has 1 unspecified atom stereocenters. The van der Waals surface area contributed by atoms with E-state index in [0.717, 1.165) is 57.2 Å². The van der Waals surface area contributed by atoms with Crippen molar-refractivity contribution in [3.63, 3.8) is 0 Å². The summed E-state index contributed by atoms with van der Waals surface area (Å²) in [5.41, 5.74) is 2.10. The summed E-state index contributed by atoms with van der Waals surface area (Å²) in [7, 11) is 0. The summed E-state index contributed by atoms with van der Waals surface area (Å²) in [5, 5.41) is 23.5. The first-order valence-electron chi connectivity index (χ1n) is 10.5. The van der Waals surface area contributed by atoms with Gasteiger partial charge in [-0.3, -0.25) is 0 Å². The van der Waals surface area contributed by atoms with E-state index in [-0.39, 0.29) is 12.1 Å². The second-order valence-electron chi connectivity index (χ2n) is 8.07. The zero-order valence-electron chi connectivity index (χ0n) is 16.8. The molecule has 1 aliphatic heterocycles. The Labute approximate surface area is 170 Å². The van der Waals surface area contributed by atoms with Crippen molar-refractivity contribution in [2.24, 2.45) is 0 Å². The molecule has 2 fully saturated rings. The summed E-state index contributed by atoms with van der Waals surface area (Å²) in [6.07, 6.45) is 5.49. The second-order valence-corrected chi connectivity index (χ2v) is 8.07. The van der Waals surface area contributed by atoms with Crippen molar-refractivity contribution in [3.05, 3.63) is 30.2 Å². The monoisotopic (exact) mass is 399 g/mol. The number of aromatic nitrogens is 2. The average Bonchev–Trinajstić information content (AvgIpc) is 3.16. The molecule has 2 heterocycles. The number of nitrogens with zero attached hydrogens (tertiary/aromatic N) is 3. The summed E-state index contributed by atoms with van der Waals surface area (Å²) < 4.78 is 5.50. The van der Waals surface area contributed by atoms with Crippen molar-refractivity contribution in [3.8, 4) is 11.5 Å². The Bertz CT molecular complexity index is 822. The van der Waals surface area contributed by atoms with Gasteiger partial charge in [0.2, 0.25) is 11.8 Å². The highest BCUT2D eigenvalue weighted by molar-refractivity contribution is 5.65. The van der Waals surface area contributed by atoms with Crippen LogP contribution in [0, 0.1) is 6.92 Å². The fourth-order valence-corrected chi connectivity index (χ4v) is 4.54. The molecule has 1 aliphatic carbocycles. The molecule has 156 valence electrons. The number of carboxylic acid groups (broad SMARTS) is 1. The quantitative estimate of drug-likeness (QED) is 0.709. The largest absolute Gasteiger partial charge is 0.465 e. The van der Waals surface area contributed by atoms with Crippen LogP contribution in [0.15, 0.2) is 28.7 Å². The van der Waals surface area contributed by atoms with Crippen LogP contribution in [0.4, 0.5) is 10.5 Å². The van der Waals surface area contributed by atoms with E-state index in [1.165, 1.54) is 5.69 Å². The molecule has 3 N–H and O–H groups in total. The summed E-state index contributed by atoms with van der Waals surface area (Å²) >= 11 is 0. The van der Waals surface area contributed by atoms with Crippen LogP contribution in [0.5, 0.6) is 0 Å². The van der Waals surface area contributed by atoms with Crippen LogP contribution in [0.2, 0.25) is 0 Å². The Morgan fingerprint density at radius 1 is 1.10 bits per heavy atom. The summed E-state index contributed by atoms with van der Waals surface area (Å²) in [5.74, 6) is 1.11. The molecular weight excluding hydrogens is 370 g/mol. The molecule has 1 aromatic carbocycles. The zero-order chi connectivity index (χ0) is 20.2. The van der Waals surface area contributed by atoms with E-state index in [1.807, 2.05) is 12.1 Å². The molecule has 3 atom stereocenters. The van der Waals surface area contributed by atoms with Gasteiger partial charge in [0.05, 0.1) is 0 Å². The van der Waals surface area contributed by atoms with Crippen LogP contribution in [0.25, 0.3) is 11.5 Å². The minimum absolute atomic E-state index is 0.00812. The van der Waals surface area contributed by atoms with Gasteiger partial charge in [-0.2, -0.15) is 0 Å². The zero-order valence-corrected chi connectivity index (χ0v) is 16.8. The highest BCUT2D eigenvalue weighted by atomic mass is 16.4. The molecule has 0 radical (unpaired) electrons. The van der Waals surface area contributed by atoms with Crippen LogP contribution in [-0.4, -0.2) is 52.6 Å². The Kier molecular flexibility index (Phi) is 5.99. The van der Waals surface area contributed by atoms with Crippen LogP contribution in [0.3, 0.4) is 0 Å². The number of rotatable bonds is 5. The number of hydrogen-bond donors (Lipinski definition) is 3. The average molecular weight is 399 g/mol. The van der Waals surface area contributed by atoms with Gasteiger partial charge in [0.25, 0.3) is 0 Å². The van der Waals surface area contributed by atoms with Gasteiger partial charge >= 0.3 is 6.09 Å². The number of nitrogens with one attached hydrogen (secondary N) is 2. The van der Waals surface area contributed by atoms with E-state index in [0.29, 0.717) is 17.8 Å². The van der Waals surface area contributed by atoms with Gasteiger partial charge in [-0.15, -0.1) is 10.2 Å². The maximum Gasteiger partial charge on any atom is 0.404 e. The van der Waals surface area contributed by atoms with E-state index >= 15 is 0 Å². The summed E-state index contributed by atoms with van der Waals surface area (Å²) in [6.45, 7) is 3.74. The molecule has 0 bridgehead atoms. The van der Waals surface area contributed by atoms with Gasteiger partial charge in [0, 0.05) is 49.4 Å². The third kappa shape index (κ3) is 4.87. The predicted molar refractivity (Wildman–Crippen MR) is 110 cm³/mol. The van der Waals surface area contributed by atoms with Gasteiger partial charge in [-0.1, -0.05) is 12.8 Å². The lowest BCUT2D eigenvalue weighted by molar-refractivity contribution is 0.176. The summed E-state index contributed by atoms with van der Waals surface area (Å²) in [6, 6.07) is 8.84. The molecular formula is C21H29N5O3. The number of carbonyl (C=O) groups is 1. The van der Waals surface area contributed by atoms with Crippen molar-refractivity contribution in [1.29, 1.82) is 0 Å². The highest BCUT2D eigenvalue weighted by Gasteiger charge is 2.30. The van der Waals surface area contributed by atoms with Crippen LogP contribution >= 0.6 is 0 Å². The Balaban J connectivity index is 1.38. The number of piperidine rings is 1. The molecule has 8 nitrogen and oxygen atoms in total. The molecule has 1 amide bonds. The van der Waals surface area contributed by atoms with Gasteiger partial charge in [-0.25, -0.2) is 4.79 Å². The molecule has 1 saturated carbocycles. The van der Waals surface area contributed by atoms with E-state index in [9.17, 15) is 4.79 Å². The smallest absolute Gasteiger partial charge is 0.404 e. The SMILES string of the molecule is Cc1nnc(-c2ccc(N3CCCC(N[C@@H]4CCCC[C@H]4NC(=O)O)C3)cc2)o1. The fraction of sp³-hybridized carbons (Fsp3) is 0.571. The van der Waals surface area contributed by atoms with Gasteiger partial charge in [0.1, 0.15) is 0 Å². The van der Waals surface area contributed by atoms with Crippen molar-refractivity contribution in [1.82, 2.24) is 20.8 Å². The molecule has 29 heavy (non-hydrogen) atoms. The molecule has 8 heteroatoms. The predicted octanol–water partition coefficient (Wildman–Crippen LogP) is 3.18. The van der Waals surface area contributed by atoms with Crippen molar-refractivity contribution in [2.45, 2.75) is 63.6 Å². The van der Waals surface area contributed by atoms with E-state index in [2.05, 4.69) is 37.9 Å². The lowest BCUT2D eigenvalue weighted by Crippen LogP contribution is -2.57. The summed E-state index contributed by atoms with van der Waals surface area (Å²) in [4.78, 5) is 13.5. The second kappa shape index (κ2) is 8.82. The minimum Gasteiger partial charge on any atom is -0.465 e. The first-order chi connectivity index (χ1) is 14.1. The molecule has 1 aromatic heterocycles. The first kappa shape index (κ1) is 19.7. The van der Waals surface area contributed by atoms with Crippen LogP contribution in [-0.2, 0) is 0 Å². The first-order valence-corrected chi connectivity index (χ1v) is 10.5. The van der Waals surface area contributed by atoms with Crippen LogP contribution in [0.1, 0.15) is 44.4 Å². The normalized spacial score (nSPS) is 25.0. The van der Waals surface area contributed by atoms with Crippen LogP contribution < -0.4 is 15.5 Å². The number of aryl methyl sites for hydroxylation is 1. The molecule has 2 aromatic rings. The number of hydrogen-bond acceptors (Lipinski definition) is 6. The van der Waals surface area contributed by atoms with Crippen molar-refractivity contribution >= 4 is 11.8 Å². The maximum atomic E-state index is 11.1.